The monoisotopic (exact) mass is 300 g/mol. The van der Waals surface area contributed by atoms with Crippen LogP contribution in [0.1, 0.15) is 27.6 Å². The van der Waals surface area contributed by atoms with Crippen molar-refractivity contribution in [3.63, 3.8) is 0 Å². The molecule has 1 aliphatic rings. The normalized spacial score (nSPS) is 13.8. The number of nitrogens with two attached hydrogens (primary N) is 1. The van der Waals surface area contributed by atoms with Gasteiger partial charge in [0, 0.05) is 17.4 Å². The van der Waals surface area contributed by atoms with Crippen molar-refractivity contribution in [2.75, 3.05) is 19.8 Å². The van der Waals surface area contributed by atoms with Crippen molar-refractivity contribution >= 4 is 22.6 Å². The van der Waals surface area contributed by atoms with Gasteiger partial charge in [-0.05, 0) is 25.1 Å². The topological polar surface area (TPSA) is 81.9 Å². The van der Waals surface area contributed by atoms with E-state index in [0.29, 0.717) is 47.1 Å². The molecule has 0 saturated heterocycles. The Morgan fingerprint density at radius 3 is 2.50 bits per heavy atom. The van der Waals surface area contributed by atoms with Gasteiger partial charge in [-0.1, -0.05) is 12.1 Å². The Morgan fingerprint density at radius 2 is 1.77 bits per heavy atom. The van der Waals surface area contributed by atoms with E-state index in [1.807, 2.05) is 13.0 Å². The third kappa shape index (κ3) is 2.22. The molecule has 0 spiro atoms. The molecule has 1 aliphatic heterocycles. The van der Waals surface area contributed by atoms with Crippen LogP contribution in [0.3, 0.4) is 0 Å². The predicted octanol–water partition coefficient (Wildman–Crippen LogP) is 1.72. The maximum Gasteiger partial charge on any atom is 0.275 e. The zero-order valence-electron chi connectivity index (χ0n) is 12.2. The summed E-state index contributed by atoms with van der Waals surface area (Å²) in [4.78, 5) is 24.3. The van der Waals surface area contributed by atoms with Crippen molar-refractivity contribution in [1.29, 1.82) is 0 Å². The van der Waals surface area contributed by atoms with E-state index in [4.69, 9.17) is 15.3 Å². The van der Waals surface area contributed by atoms with E-state index >= 15 is 0 Å². The minimum Gasteiger partial charge on any atom is -0.491 e. The molecule has 0 saturated carbocycles. The van der Waals surface area contributed by atoms with Gasteiger partial charge in [-0.25, -0.2) is 10.9 Å². The van der Waals surface area contributed by atoms with Crippen LogP contribution in [0.15, 0.2) is 30.3 Å². The zero-order valence-corrected chi connectivity index (χ0v) is 12.2. The van der Waals surface area contributed by atoms with Gasteiger partial charge in [-0.2, -0.15) is 0 Å². The van der Waals surface area contributed by atoms with Crippen LogP contribution in [0.2, 0.25) is 0 Å². The number of imide groups is 1. The lowest BCUT2D eigenvalue weighted by Gasteiger charge is -2.23. The molecule has 2 amide bonds. The van der Waals surface area contributed by atoms with E-state index in [1.54, 1.807) is 24.3 Å². The molecule has 6 heteroatoms. The number of ether oxygens (including phenoxy) is 2. The second kappa shape index (κ2) is 5.75. The highest BCUT2D eigenvalue weighted by atomic mass is 16.5. The first-order valence-electron chi connectivity index (χ1n) is 7.05. The van der Waals surface area contributed by atoms with E-state index in [1.165, 1.54) is 0 Å². The maximum absolute atomic E-state index is 12.1. The van der Waals surface area contributed by atoms with Gasteiger partial charge < -0.3 is 9.47 Å². The Kier molecular flexibility index (Phi) is 3.79. The smallest absolute Gasteiger partial charge is 0.275 e. The molecule has 0 bridgehead atoms. The van der Waals surface area contributed by atoms with Crippen molar-refractivity contribution in [3.8, 4) is 5.75 Å². The Balaban J connectivity index is 2.06. The number of benzene rings is 2. The number of amides is 2. The second-order valence-corrected chi connectivity index (χ2v) is 4.87. The lowest BCUT2D eigenvalue weighted by Crippen LogP contribution is -2.45. The number of hydrogen-bond donors (Lipinski definition) is 1. The van der Waals surface area contributed by atoms with Gasteiger partial charge in [-0.3, -0.25) is 9.59 Å². The number of carbonyl (C=O) groups is 2. The van der Waals surface area contributed by atoms with Crippen LogP contribution in [0.25, 0.3) is 10.8 Å². The Labute approximate surface area is 127 Å². The molecule has 2 aromatic carbocycles. The van der Waals surface area contributed by atoms with Crippen molar-refractivity contribution in [1.82, 2.24) is 5.01 Å². The minimum atomic E-state index is -0.505. The van der Waals surface area contributed by atoms with E-state index < -0.39 is 11.8 Å². The average molecular weight is 300 g/mol. The number of rotatable bonds is 5. The predicted molar refractivity (Wildman–Crippen MR) is 80.6 cm³/mol. The highest BCUT2D eigenvalue weighted by molar-refractivity contribution is 6.25. The molecule has 1 heterocycles. The summed E-state index contributed by atoms with van der Waals surface area (Å²) in [6, 6.07) is 8.58. The van der Waals surface area contributed by atoms with Crippen molar-refractivity contribution in [2.24, 2.45) is 5.84 Å². The zero-order chi connectivity index (χ0) is 15.7. The van der Waals surface area contributed by atoms with Gasteiger partial charge in [0.1, 0.15) is 12.4 Å². The summed E-state index contributed by atoms with van der Waals surface area (Å²) in [6.07, 6.45) is 0. The Bertz CT molecular complexity index is 735. The van der Waals surface area contributed by atoms with Crippen LogP contribution >= 0.6 is 0 Å². The fraction of sp³-hybridized carbons (Fsp3) is 0.250. The molecule has 0 fully saturated rings. The fourth-order valence-electron chi connectivity index (χ4n) is 2.57. The molecule has 22 heavy (non-hydrogen) atoms. The number of nitrogens with zero attached hydrogens (tertiary/aromatic N) is 1. The second-order valence-electron chi connectivity index (χ2n) is 4.87. The first kappa shape index (κ1) is 14.5. The molecule has 2 N–H and O–H groups in total. The highest BCUT2D eigenvalue weighted by Crippen LogP contribution is 2.34. The standard InChI is InChI=1S/C16H16N2O4/c1-2-21-8-9-22-13-7-6-12-14-10(13)4-3-5-11(14)15(19)18(17)16(12)20/h3-7H,2,8-9,17H2,1H3. The number of hydrogen-bond acceptors (Lipinski definition) is 5. The molecular weight excluding hydrogens is 284 g/mol. The Hall–Kier alpha value is -2.44. The number of hydrazine groups is 1. The van der Waals surface area contributed by atoms with Crippen LogP contribution < -0.4 is 10.6 Å². The van der Waals surface area contributed by atoms with E-state index in [2.05, 4.69) is 0 Å². The lowest BCUT2D eigenvalue weighted by atomic mass is 9.94. The summed E-state index contributed by atoms with van der Waals surface area (Å²) in [5.41, 5.74) is 0.815. The van der Waals surface area contributed by atoms with E-state index in [0.717, 1.165) is 5.39 Å². The summed E-state index contributed by atoms with van der Waals surface area (Å²) < 4.78 is 10.9. The van der Waals surface area contributed by atoms with Gasteiger partial charge >= 0.3 is 0 Å². The first-order chi connectivity index (χ1) is 10.6. The summed E-state index contributed by atoms with van der Waals surface area (Å²) in [5.74, 6) is 5.16. The summed E-state index contributed by atoms with van der Waals surface area (Å²) in [7, 11) is 0. The van der Waals surface area contributed by atoms with Crippen LogP contribution in [0.4, 0.5) is 0 Å². The lowest BCUT2D eigenvalue weighted by molar-refractivity contribution is 0.0610. The Morgan fingerprint density at radius 1 is 1.05 bits per heavy atom. The summed E-state index contributed by atoms with van der Waals surface area (Å²) >= 11 is 0. The van der Waals surface area contributed by atoms with Gasteiger partial charge in [-0.15, -0.1) is 0 Å². The molecular formula is C16H16N2O4. The molecule has 0 radical (unpaired) electrons. The van der Waals surface area contributed by atoms with Crippen LogP contribution in [-0.4, -0.2) is 36.6 Å². The van der Waals surface area contributed by atoms with Gasteiger partial charge in [0.05, 0.1) is 17.7 Å². The van der Waals surface area contributed by atoms with E-state index in [9.17, 15) is 9.59 Å². The summed E-state index contributed by atoms with van der Waals surface area (Å²) in [5, 5.41) is 1.96. The van der Waals surface area contributed by atoms with Gasteiger partial charge in [0.25, 0.3) is 11.8 Å². The largest absolute Gasteiger partial charge is 0.491 e. The fourth-order valence-corrected chi connectivity index (χ4v) is 2.57. The molecule has 2 aromatic rings. The third-order valence-electron chi connectivity index (χ3n) is 3.59. The minimum absolute atomic E-state index is 0.400. The molecule has 6 nitrogen and oxygen atoms in total. The molecule has 0 aliphatic carbocycles. The highest BCUT2D eigenvalue weighted by Gasteiger charge is 2.31. The molecule has 114 valence electrons. The number of carbonyl (C=O) groups excluding carboxylic acids is 2. The van der Waals surface area contributed by atoms with Crippen LogP contribution in [-0.2, 0) is 4.74 Å². The van der Waals surface area contributed by atoms with Crippen molar-refractivity contribution in [2.45, 2.75) is 6.92 Å². The van der Waals surface area contributed by atoms with Gasteiger partial charge in [0.15, 0.2) is 0 Å². The van der Waals surface area contributed by atoms with Crippen LogP contribution in [0, 0.1) is 0 Å². The van der Waals surface area contributed by atoms with Crippen molar-refractivity contribution in [3.05, 3.63) is 41.5 Å². The van der Waals surface area contributed by atoms with Crippen LogP contribution in [0.5, 0.6) is 5.75 Å². The summed E-state index contributed by atoms with van der Waals surface area (Å²) in [6.45, 7) is 3.42. The molecule has 0 aromatic heterocycles. The molecule has 3 rings (SSSR count). The van der Waals surface area contributed by atoms with Crippen molar-refractivity contribution < 1.29 is 19.1 Å². The molecule has 0 unspecified atom stereocenters. The maximum atomic E-state index is 12.1. The van der Waals surface area contributed by atoms with Gasteiger partial charge in [0.2, 0.25) is 0 Å². The molecule has 0 atom stereocenters. The first-order valence-corrected chi connectivity index (χ1v) is 7.05. The average Bonchev–Trinajstić information content (AvgIpc) is 2.55. The third-order valence-corrected chi connectivity index (χ3v) is 3.59. The SMILES string of the molecule is CCOCCOc1ccc2c3c(cccc13)C(=O)N(N)C2=O. The quantitative estimate of drug-likeness (QED) is 0.393. The van der Waals surface area contributed by atoms with E-state index in [-0.39, 0.29) is 0 Å².